The van der Waals surface area contributed by atoms with E-state index in [2.05, 4.69) is 10.7 Å². The van der Waals surface area contributed by atoms with Crippen LogP contribution in [0.15, 0.2) is 30.3 Å². The van der Waals surface area contributed by atoms with Gasteiger partial charge in [-0.2, -0.15) is 5.90 Å². The van der Waals surface area contributed by atoms with Crippen molar-refractivity contribution in [3.05, 3.63) is 35.9 Å². The Morgan fingerprint density at radius 1 is 1.14 bits per heavy atom. The first-order chi connectivity index (χ1) is 6.74. The molecule has 0 aliphatic carbocycles. The Kier molecular flexibility index (Phi) is 3.82. The lowest BCUT2D eigenvalue weighted by Crippen LogP contribution is -2.11. The van der Waals surface area contributed by atoms with Crippen molar-refractivity contribution in [1.29, 1.82) is 0 Å². The van der Waals surface area contributed by atoms with Gasteiger partial charge in [-0.05, 0) is 0 Å². The van der Waals surface area contributed by atoms with Crippen LogP contribution in [0.2, 0.25) is 0 Å². The van der Waals surface area contributed by atoms with Crippen LogP contribution in [0.25, 0.3) is 0 Å². The summed E-state index contributed by atoms with van der Waals surface area (Å²) >= 11 is 0. The second kappa shape index (κ2) is 5.14. The summed E-state index contributed by atoms with van der Waals surface area (Å²) in [6.07, 6.45) is 0.143. The molecule has 4 nitrogen and oxygen atoms in total. The Bertz CT molecular complexity index is 321. The lowest BCUT2D eigenvalue weighted by atomic mass is 10.1. The van der Waals surface area contributed by atoms with Gasteiger partial charge in [-0.25, -0.2) is 0 Å². The highest BCUT2D eigenvalue weighted by Crippen LogP contribution is 2.04. The maximum absolute atomic E-state index is 11.4. The van der Waals surface area contributed by atoms with Gasteiger partial charge in [-0.3, -0.25) is 9.59 Å². The van der Waals surface area contributed by atoms with Crippen molar-refractivity contribution in [2.24, 2.45) is 5.90 Å². The molecule has 0 heterocycles. The first-order valence-electron chi connectivity index (χ1n) is 4.22. The highest BCUT2D eigenvalue weighted by molar-refractivity contribution is 5.97. The lowest BCUT2D eigenvalue weighted by molar-refractivity contribution is -0.144. The average molecular weight is 193 g/mol. The second-order valence-electron chi connectivity index (χ2n) is 2.78. The fourth-order valence-electron chi connectivity index (χ4n) is 1.04. The third-order valence-electron chi connectivity index (χ3n) is 1.78. The zero-order valence-electron chi connectivity index (χ0n) is 7.60. The first kappa shape index (κ1) is 10.4. The summed E-state index contributed by atoms with van der Waals surface area (Å²) in [7, 11) is 0. The van der Waals surface area contributed by atoms with Crippen LogP contribution in [0.5, 0.6) is 0 Å². The highest BCUT2D eigenvalue weighted by Gasteiger charge is 2.08. The predicted octanol–water partition coefficient (Wildman–Crippen LogP) is 1.07. The maximum atomic E-state index is 11.4. The van der Waals surface area contributed by atoms with E-state index in [4.69, 9.17) is 0 Å². The van der Waals surface area contributed by atoms with Crippen molar-refractivity contribution in [2.75, 3.05) is 0 Å². The third kappa shape index (κ3) is 2.99. The van der Waals surface area contributed by atoms with Crippen LogP contribution < -0.4 is 5.90 Å². The summed E-state index contributed by atoms with van der Waals surface area (Å²) in [5.74, 6) is 3.97. The zero-order valence-corrected chi connectivity index (χ0v) is 7.60. The number of nitrogens with two attached hydrogens (primary N) is 1. The highest BCUT2D eigenvalue weighted by atomic mass is 16.7. The Labute approximate surface area is 81.6 Å². The van der Waals surface area contributed by atoms with E-state index in [0.717, 1.165) is 0 Å². The SMILES string of the molecule is NOC(=O)CCC(=O)c1ccccc1. The van der Waals surface area contributed by atoms with Crippen LogP contribution in [0.4, 0.5) is 0 Å². The van der Waals surface area contributed by atoms with E-state index < -0.39 is 5.97 Å². The summed E-state index contributed by atoms with van der Waals surface area (Å²) in [5.41, 5.74) is 0.595. The molecule has 4 heteroatoms. The fraction of sp³-hybridized carbons (Fsp3) is 0.200. The molecule has 0 radical (unpaired) electrons. The van der Waals surface area contributed by atoms with Gasteiger partial charge in [-0.15, -0.1) is 0 Å². The van der Waals surface area contributed by atoms with E-state index in [9.17, 15) is 9.59 Å². The molecule has 1 rings (SSSR count). The zero-order chi connectivity index (χ0) is 10.4. The molecule has 0 aromatic heterocycles. The van der Waals surface area contributed by atoms with E-state index in [1.165, 1.54) is 0 Å². The van der Waals surface area contributed by atoms with Gasteiger partial charge in [0.05, 0.1) is 6.42 Å². The van der Waals surface area contributed by atoms with Gasteiger partial charge in [0, 0.05) is 12.0 Å². The van der Waals surface area contributed by atoms with Crippen molar-refractivity contribution in [3.8, 4) is 0 Å². The molecule has 0 atom stereocenters. The number of Topliss-reactive ketones (excluding diaryl/α,β-unsaturated/α-hetero) is 1. The molecule has 0 amide bonds. The monoisotopic (exact) mass is 193 g/mol. The molecule has 1 aromatic carbocycles. The lowest BCUT2D eigenvalue weighted by Gasteiger charge is -1.99. The molecule has 14 heavy (non-hydrogen) atoms. The minimum Gasteiger partial charge on any atom is -0.373 e. The normalized spacial score (nSPS) is 9.50. The Morgan fingerprint density at radius 2 is 1.79 bits per heavy atom. The van der Waals surface area contributed by atoms with Crippen molar-refractivity contribution < 1.29 is 14.4 Å². The van der Waals surface area contributed by atoms with Crippen molar-refractivity contribution in [2.45, 2.75) is 12.8 Å². The Balaban J connectivity index is 2.48. The molecule has 0 unspecified atom stereocenters. The summed E-state index contributed by atoms with van der Waals surface area (Å²) in [6.45, 7) is 0. The number of carbonyl (C=O) groups excluding carboxylic acids is 2. The van der Waals surface area contributed by atoms with E-state index in [-0.39, 0.29) is 18.6 Å². The van der Waals surface area contributed by atoms with Gasteiger partial charge < -0.3 is 4.84 Å². The number of hydrogen-bond acceptors (Lipinski definition) is 4. The quantitative estimate of drug-likeness (QED) is 0.573. The second-order valence-corrected chi connectivity index (χ2v) is 2.78. The number of hydrogen-bond donors (Lipinski definition) is 1. The fourth-order valence-corrected chi connectivity index (χ4v) is 1.04. The van der Waals surface area contributed by atoms with E-state index in [0.29, 0.717) is 5.56 Å². The number of rotatable bonds is 4. The van der Waals surface area contributed by atoms with Gasteiger partial charge in [0.2, 0.25) is 0 Å². The molecule has 0 saturated heterocycles. The summed E-state index contributed by atoms with van der Waals surface area (Å²) in [5, 5.41) is 0. The molecule has 0 spiro atoms. The molecule has 0 bridgehead atoms. The average Bonchev–Trinajstić information content (AvgIpc) is 2.26. The molecule has 74 valence electrons. The molecule has 1 aromatic rings. The molecule has 2 N–H and O–H groups in total. The molecule has 0 fully saturated rings. The minimum atomic E-state index is -0.575. The minimum absolute atomic E-state index is 0.0181. The molecule has 0 saturated carbocycles. The van der Waals surface area contributed by atoms with Crippen LogP contribution in [0, 0.1) is 0 Å². The largest absolute Gasteiger partial charge is 0.373 e. The predicted molar refractivity (Wildman–Crippen MR) is 50.3 cm³/mol. The van der Waals surface area contributed by atoms with Crippen molar-refractivity contribution >= 4 is 11.8 Å². The van der Waals surface area contributed by atoms with E-state index in [1.807, 2.05) is 6.07 Å². The smallest absolute Gasteiger partial charge is 0.324 e. The van der Waals surface area contributed by atoms with Gasteiger partial charge in [-0.1, -0.05) is 30.3 Å². The Morgan fingerprint density at radius 3 is 2.36 bits per heavy atom. The summed E-state index contributed by atoms with van der Waals surface area (Å²) < 4.78 is 0. The molecule has 0 aliphatic rings. The third-order valence-corrected chi connectivity index (χ3v) is 1.78. The standard InChI is InChI=1S/C10H11NO3/c11-14-10(13)7-6-9(12)8-4-2-1-3-5-8/h1-5H,6-7,11H2. The Hall–Kier alpha value is -1.68. The van der Waals surface area contributed by atoms with Crippen molar-refractivity contribution in [3.63, 3.8) is 0 Å². The number of benzene rings is 1. The van der Waals surface area contributed by atoms with Crippen LogP contribution in [-0.2, 0) is 9.63 Å². The van der Waals surface area contributed by atoms with Crippen LogP contribution in [-0.4, -0.2) is 11.8 Å². The molecular formula is C10H11NO3. The van der Waals surface area contributed by atoms with Gasteiger partial charge in [0.15, 0.2) is 5.78 Å². The summed E-state index contributed by atoms with van der Waals surface area (Å²) in [6, 6.07) is 8.78. The van der Waals surface area contributed by atoms with Gasteiger partial charge >= 0.3 is 5.97 Å². The van der Waals surface area contributed by atoms with E-state index >= 15 is 0 Å². The van der Waals surface area contributed by atoms with Crippen LogP contribution in [0.3, 0.4) is 0 Å². The van der Waals surface area contributed by atoms with Crippen LogP contribution in [0.1, 0.15) is 23.2 Å². The topological polar surface area (TPSA) is 69.4 Å². The maximum Gasteiger partial charge on any atom is 0.324 e. The van der Waals surface area contributed by atoms with E-state index in [1.54, 1.807) is 24.3 Å². The number of ketones is 1. The first-order valence-corrected chi connectivity index (χ1v) is 4.22. The van der Waals surface area contributed by atoms with Gasteiger partial charge in [0.1, 0.15) is 0 Å². The van der Waals surface area contributed by atoms with Gasteiger partial charge in [0.25, 0.3) is 0 Å². The van der Waals surface area contributed by atoms with Crippen molar-refractivity contribution in [1.82, 2.24) is 0 Å². The molecule has 0 aliphatic heterocycles. The van der Waals surface area contributed by atoms with Crippen LogP contribution >= 0.6 is 0 Å². The summed E-state index contributed by atoms with van der Waals surface area (Å²) in [4.78, 5) is 26.0. The molecular weight excluding hydrogens is 182 g/mol. The number of carbonyl (C=O) groups is 2.